The van der Waals surface area contributed by atoms with Gasteiger partial charge in [0, 0.05) is 30.0 Å². The number of ether oxygens (including phenoxy) is 1. The Labute approximate surface area is 147 Å². The van der Waals surface area contributed by atoms with E-state index in [0.717, 1.165) is 30.1 Å². The number of benzene rings is 1. The number of halogens is 1. The van der Waals surface area contributed by atoms with Gasteiger partial charge in [0.15, 0.2) is 0 Å². The molecule has 2 aromatic rings. The van der Waals surface area contributed by atoms with E-state index in [1.165, 1.54) is 6.42 Å². The first-order valence-electron chi connectivity index (χ1n) is 8.42. The molecule has 2 atom stereocenters. The van der Waals surface area contributed by atoms with Crippen molar-refractivity contribution >= 4 is 11.6 Å². The second-order valence-corrected chi connectivity index (χ2v) is 6.75. The van der Waals surface area contributed by atoms with Crippen molar-refractivity contribution in [3.05, 3.63) is 53.3 Å². The van der Waals surface area contributed by atoms with E-state index < -0.39 is 6.10 Å². The summed E-state index contributed by atoms with van der Waals surface area (Å²) in [5, 5.41) is 15.3. The van der Waals surface area contributed by atoms with Gasteiger partial charge in [0.2, 0.25) is 0 Å². The van der Waals surface area contributed by atoms with Gasteiger partial charge in [0.1, 0.15) is 0 Å². The molecule has 1 aromatic heterocycles. The van der Waals surface area contributed by atoms with Crippen LogP contribution in [0.15, 0.2) is 42.7 Å². The minimum absolute atomic E-state index is 0.341. The highest BCUT2D eigenvalue weighted by atomic mass is 35.5. The van der Waals surface area contributed by atoms with Crippen LogP contribution in [0.3, 0.4) is 0 Å². The maximum Gasteiger partial charge on any atom is 0.0900 e. The van der Waals surface area contributed by atoms with Crippen LogP contribution in [-0.4, -0.2) is 51.6 Å². The first-order valence-corrected chi connectivity index (χ1v) is 8.80. The zero-order valence-corrected chi connectivity index (χ0v) is 14.5. The summed E-state index contributed by atoms with van der Waals surface area (Å²) in [6, 6.07) is 9.96. The number of rotatable bonds is 8. The van der Waals surface area contributed by atoms with Crippen LogP contribution >= 0.6 is 11.6 Å². The molecule has 5 nitrogen and oxygen atoms in total. The summed E-state index contributed by atoms with van der Waals surface area (Å²) in [5.41, 5.74) is 1.06. The lowest BCUT2D eigenvalue weighted by Crippen LogP contribution is -2.40. The summed E-state index contributed by atoms with van der Waals surface area (Å²) in [6.07, 6.45) is 5.64. The van der Waals surface area contributed by atoms with Gasteiger partial charge >= 0.3 is 0 Å². The minimum Gasteiger partial charge on any atom is -0.389 e. The highest BCUT2D eigenvalue weighted by Gasteiger charge is 2.26. The van der Waals surface area contributed by atoms with Crippen molar-refractivity contribution in [1.82, 2.24) is 14.7 Å². The molecule has 1 aliphatic heterocycles. The summed E-state index contributed by atoms with van der Waals surface area (Å²) in [7, 11) is 0. The van der Waals surface area contributed by atoms with Crippen LogP contribution < -0.4 is 0 Å². The van der Waals surface area contributed by atoms with Crippen molar-refractivity contribution in [2.45, 2.75) is 38.1 Å². The molecular weight excluding hydrogens is 326 g/mol. The lowest BCUT2D eigenvalue weighted by Gasteiger charge is -2.26. The van der Waals surface area contributed by atoms with Crippen molar-refractivity contribution in [3.63, 3.8) is 0 Å². The Morgan fingerprint density at radius 2 is 2.17 bits per heavy atom. The van der Waals surface area contributed by atoms with Crippen LogP contribution in [0.5, 0.6) is 0 Å². The van der Waals surface area contributed by atoms with Crippen molar-refractivity contribution in [1.29, 1.82) is 0 Å². The summed E-state index contributed by atoms with van der Waals surface area (Å²) in [6.45, 7) is 3.39. The van der Waals surface area contributed by atoms with Gasteiger partial charge < -0.3 is 9.84 Å². The van der Waals surface area contributed by atoms with E-state index in [4.69, 9.17) is 16.3 Å². The van der Waals surface area contributed by atoms with Crippen molar-refractivity contribution in [2.24, 2.45) is 0 Å². The fourth-order valence-electron chi connectivity index (χ4n) is 3.18. The second-order valence-electron chi connectivity index (χ2n) is 6.31. The molecule has 1 aliphatic rings. The van der Waals surface area contributed by atoms with Crippen molar-refractivity contribution in [3.8, 4) is 0 Å². The van der Waals surface area contributed by atoms with Gasteiger partial charge in [-0.2, -0.15) is 5.10 Å². The molecule has 2 heterocycles. The molecule has 6 heteroatoms. The molecule has 1 aromatic carbocycles. The molecule has 1 N–H and O–H groups in total. The van der Waals surface area contributed by atoms with Crippen LogP contribution in [0.25, 0.3) is 0 Å². The van der Waals surface area contributed by atoms with Crippen molar-refractivity contribution in [2.75, 3.05) is 19.7 Å². The van der Waals surface area contributed by atoms with Crippen LogP contribution in [-0.2, 0) is 17.9 Å². The van der Waals surface area contributed by atoms with E-state index in [1.807, 2.05) is 41.2 Å². The first-order chi connectivity index (χ1) is 11.7. The number of aliphatic hydroxyl groups is 1. The van der Waals surface area contributed by atoms with Gasteiger partial charge in [-0.3, -0.25) is 9.58 Å². The Kier molecular flexibility index (Phi) is 6.26. The standard InChI is InChI=1S/C18H24ClN3O2/c19-16-6-4-15(5-7-16)13-24-14-18(23)12-21-9-1-3-17(21)11-22-10-2-8-20-22/h2,4-8,10,17-18,23H,1,3,9,11-14H2/t17-,18+/m1/s1. The van der Waals surface area contributed by atoms with Crippen molar-refractivity contribution < 1.29 is 9.84 Å². The Balaban J connectivity index is 1.40. The average Bonchev–Trinajstić information content (AvgIpc) is 3.22. The third-order valence-corrected chi connectivity index (χ3v) is 4.65. The van der Waals surface area contributed by atoms with Crippen LogP contribution in [0.1, 0.15) is 18.4 Å². The van der Waals surface area contributed by atoms with Crippen LogP contribution in [0.4, 0.5) is 0 Å². The monoisotopic (exact) mass is 349 g/mol. The molecule has 0 bridgehead atoms. The summed E-state index contributed by atoms with van der Waals surface area (Å²) >= 11 is 5.86. The van der Waals surface area contributed by atoms with Gasteiger partial charge in [-0.25, -0.2) is 0 Å². The van der Waals surface area contributed by atoms with E-state index in [1.54, 1.807) is 6.20 Å². The Bertz CT molecular complexity index is 603. The minimum atomic E-state index is -0.476. The normalized spacial score (nSPS) is 19.7. The van der Waals surface area contributed by atoms with Gasteiger partial charge in [-0.1, -0.05) is 23.7 Å². The smallest absolute Gasteiger partial charge is 0.0900 e. The average molecular weight is 350 g/mol. The summed E-state index contributed by atoms with van der Waals surface area (Å²) in [4.78, 5) is 2.35. The predicted molar refractivity (Wildman–Crippen MR) is 93.9 cm³/mol. The third-order valence-electron chi connectivity index (χ3n) is 4.39. The van der Waals surface area contributed by atoms with Gasteiger partial charge in [0.25, 0.3) is 0 Å². The van der Waals surface area contributed by atoms with Gasteiger partial charge in [0.05, 0.1) is 25.9 Å². The zero-order valence-electron chi connectivity index (χ0n) is 13.7. The van der Waals surface area contributed by atoms with E-state index in [9.17, 15) is 5.11 Å². The van der Waals surface area contributed by atoms with Crippen LogP contribution in [0, 0.1) is 0 Å². The quantitative estimate of drug-likeness (QED) is 0.795. The molecular formula is C18H24ClN3O2. The molecule has 0 spiro atoms. The van der Waals surface area contributed by atoms with E-state index in [-0.39, 0.29) is 0 Å². The predicted octanol–water partition coefficient (Wildman–Crippen LogP) is 2.58. The number of likely N-dealkylation sites (tertiary alicyclic amines) is 1. The molecule has 1 fully saturated rings. The molecule has 0 saturated carbocycles. The fourth-order valence-corrected chi connectivity index (χ4v) is 3.31. The number of β-amino-alcohol motifs (C(OH)–C–C–N with tert-alkyl or cyclic N) is 1. The molecule has 0 unspecified atom stereocenters. The molecule has 3 rings (SSSR count). The van der Waals surface area contributed by atoms with Gasteiger partial charge in [-0.15, -0.1) is 0 Å². The lowest BCUT2D eigenvalue weighted by atomic mass is 10.2. The lowest BCUT2D eigenvalue weighted by molar-refractivity contribution is 0.00666. The molecule has 0 aliphatic carbocycles. The SMILES string of the molecule is O[C@H](COCc1ccc(Cl)cc1)CN1CCC[C@@H]1Cn1cccn1. The number of aromatic nitrogens is 2. The van der Waals surface area contributed by atoms with E-state index in [0.29, 0.717) is 25.8 Å². The molecule has 130 valence electrons. The first kappa shape index (κ1) is 17.4. The number of hydrogen-bond acceptors (Lipinski definition) is 4. The highest BCUT2D eigenvalue weighted by Crippen LogP contribution is 2.19. The van der Waals surface area contributed by atoms with Crippen LogP contribution in [0.2, 0.25) is 5.02 Å². The molecule has 1 saturated heterocycles. The van der Waals surface area contributed by atoms with E-state index in [2.05, 4.69) is 10.00 Å². The highest BCUT2D eigenvalue weighted by molar-refractivity contribution is 6.30. The third kappa shape index (κ3) is 5.05. The molecule has 0 amide bonds. The molecule has 24 heavy (non-hydrogen) atoms. The Hall–Kier alpha value is -1.40. The molecule has 0 radical (unpaired) electrons. The van der Waals surface area contributed by atoms with Gasteiger partial charge in [-0.05, 0) is 43.1 Å². The summed E-state index contributed by atoms with van der Waals surface area (Å²) in [5.74, 6) is 0. The Morgan fingerprint density at radius 1 is 1.33 bits per heavy atom. The van der Waals surface area contributed by atoms with E-state index >= 15 is 0 Å². The number of nitrogens with zero attached hydrogens (tertiary/aromatic N) is 3. The fraction of sp³-hybridized carbons (Fsp3) is 0.500. The second kappa shape index (κ2) is 8.62. The summed E-state index contributed by atoms with van der Waals surface area (Å²) < 4.78 is 7.60. The number of hydrogen-bond donors (Lipinski definition) is 1. The maximum absolute atomic E-state index is 10.3. The zero-order chi connectivity index (χ0) is 16.8. The Morgan fingerprint density at radius 3 is 2.92 bits per heavy atom. The number of aliphatic hydroxyl groups excluding tert-OH is 1. The largest absolute Gasteiger partial charge is 0.389 e. The topological polar surface area (TPSA) is 50.5 Å². The maximum atomic E-state index is 10.3.